The summed E-state index contributed by atoms with van der Waals surface area (Å²) in [7, 11) is 1.71. The van der Waals surface area contributed by atoms with E-state index in [1.54, 1.807) is 7.11 Å². The predicted molar refractivity (Wildman–Crippen MR) is 89.7 cm³/mol. The lowest BCUT2D eigenvalue weighted by Gasteiger charge is -2.28. The second kappa shape index (κ2) is 5.82. The molecular formula is C18H20BrNO. The molecule has 0 atom stereocenters. The van der Waals surface area contributed by atoms with E-state index in [2.05, 4.69) is 52.3 Å². The standard InChI is InChI=1S/C18H20BrNO/c1-21-16-6-7-17(19)15(8-16)11-18(12-20)9-13-4-2-3-5-14(13)10-18/h2-8H,9-12,20H2,1H3. The fourth-order valence-electron chi connectivity index (χ4n) is 3.33. The summed E-state index contributed by atoms with van der Waals surface area (Å²) in [5.74, 6) is 0.899. The highest BCUT2D eigenvalue weighted by Crippen LogP contribution is 2.40. The molecule has 0 spiro atoms. The molecular weight excluding hydrogens is 326 g/mol. The molecule has 1 aliphatic carbocycles. The molecule has 0 heterocycles. The largest absolute Gasteiger partial charge is 0.497 e. The van der Waals surface area contributed by atoms with Crippen LogP contribution in [-0.4, -0.2) is 13.7 Å². The molecule has 2 nitrogen and oxygen atoms in total. The van der Waals surface area contributed by atoms with Gasteiger partial charge >= 0.3 is 0 Å². The summed E-state index contributed by atoms with van der Waals surface area (Å²) in [6, 6.07) is 14.8. The summed E-state index contributed by atoms with van der Waals surface area (Å²) in [5.41, 5.74) is 10.5. The Morgan fingerprint density at radius 2 is 1.81 bits per heavy atom. The first-order chi connectivity index (χ1) is 10.2. The van der Waals surface area contributed by atoms with E-state index < -0.39 is 0 Å². The number of nitrogens with two attached hydrogens (primary N) is 1. The Hall–Kier alpha value is -1.32. The van der Waals surface area contributed by atoms with Crippen LogP contribution in [0.4, 0.5) is 0 Å². The molecule has 0 saturated heterocycles. The van der Waals surface area contributed by atoms with Crippen LogP contribution in [0.3, 0.4) is 0 Å². The molecule has 2 N–H and O–H groups in total. The van der Waals surface area contributed by atoms with Gasteiger partial charge in [0.15, 0.2) is 0 Å². The first-order valence-corrected chi connectivity index (χ1v) is 8.04. The minimum absolute atomic E-state index is 0.124. The average molecular weight is 346 g/mol. The Kier molecular flexibility index (Phi) is 4.05. The number of methoxy groups -OCH3 is 1. The molecule has 3 rings (SSSR count). The van der Waals surface area contributed by atoms with Crippen LogP contribution in [0.1, 0.15) is 16.7 Å². The SMILES string of the molecule is COc1ccc(Br)c(CC2(CN)Cc3ccccc3C2)c1. The van der Waals surface area contributed by atoms with Gasteiger partial charge < -0.3 is 10.5 Å². The van der Waals surface area contributed by atoms with E-state index >= 15 is 0 Å². The van der Waals surface area contributed by atoms with Gasteiger partial charge in [-0.05, 0) is 66.1 Å². The van der Waals surface area contributed by atoms with Gasteiger partial charge in [-0.1, -0.05) is 40.2 Å². The summed E-state index contributed by atoms with van der Waals surface area (Å²) >= 11 is 3.66. The van der Waals surface area contributed by atoms with Crippen molar-refractivity contribution in [2.75, 3.05) is 13.7 Å². The summed E-state index contributed by atoms with van der Waals surface area (Å²) < 4.78 is 6.48. The minimum Gasteiger partial charge on any atom is -0.497 e. The lowest BCUT2D eigenvalue weighted by atomic mass is 9.79. The molecule has 3 heteroatoms. The molecule has 0 unspecified atom stereocenters. The second-order valence-electron chi connectivity index (χ2n) is 5.96. The fraction of sp³-hybridized carbons (Fsp3) is 0.333. The van der Waals surface area contributed by atoms with Gasteiger partial charge in [0.05, 0.1) is 7.11 Å². The van der Waals surface area contributed by atoms with Crippen LogP contribution in [0.25, 0.3) is 0 Å². The molecule has 110 valence electrons. The van der Waals surface area contributed by atoms with E-state index in [0.717, 1.165) is 29.5 Å². The summed E-state index contributed by atoms with van der Waals surface area (Å²) in [5, 5.41) is 0. The first kappa shape index (κ1) is 14.6. The predicted octanol–water partition coefficient (Wildman–Crippen LogP) is 3.74. The van der Waals surface area contributed by atoms with E-state index in [-0.39, 0.29) is 5.41 Å². The zero-order valence-electron chi connectivity index (χ0n) is 12.2. The molecule has 0 aliphatic heterocycles. The lowest BCUT2D eigenvalue weighted by molar-refractivity contribution is 0.313. The third kappa shape index (κ3) is 2.85. The number of fused-ring (bicyclic) bond motifs is 1. The molecule has 2 aromatic carbocycles. The molecule has 1 aliphatic rings. The van der Waals surface area contributed by atoms with Crippen molar-refractivity contribution < 1.29 is 4.74 Å². The molecule has 0 radical (unpaired) electrons. The quantitative estimate of drug-likeness (QED) is 0.915. The molecule has 0 bridgehead atoms. The van der Waals surface area contributed by atoms with Gasteiger partial charge in [-0.15, -0.1) is 0 Å². The van der Waals surface area contributed by atoms with Gasteiger partial charge in [0.25, 0.3) is 0 Å². The van der Waals surface area contributed by atoms with Crippen LogP contribution in [-0.2, 0) is 19.3 Å². The van der Waals surface area contributed by atoms with Gasteiger partial charge in [0.2, 0.25) is 0 Å². The molecule has 0 amide bonds. The Bertz CT molecular complexity index is 628. The number of halogens is 1. The van der Waals surface area contributed by atoms with Crippen molar-refractivity contribution in [2.45, 2.75) is 19.3 Å². The van der Waals surface area contributed by atoms with Crippen molar-refractivity contribution in [1.29, 1.82) is 0 Å². The van der Waals surface area contributed by atoms with Crippen LogP contribution in [0, 0.1) is 5.41 Å². The summed E-state index contributed by atoms with van der Waals surface area (Å²) in [6.07, 6.45) is 3.09. The van der Waals surface area contributed by atoms with Gasteiger partial charge in [-0.25, -0.2) is 0 Å². The number of hydrogen-bond donors (Lipinski definition) is 1. The van der Waals surface area contributed by atoms with E-state index in [0.29, 0.717) is 6.54 Å². The summed E-state index contributed by atoms with van der Waals surface area (Å²) in [6.45, 7) is 0.700. The van der Waals surface area contributed by atoms with Crippen molar-refractivity contribution in [3.8, 4) is 5.75 Å². The Morgan fingerprint density at radius 3 is 2.38 bits per heavy atom. The zero-order chi connectivity index (χ0) is 14.9. The lowest BCUT2D eigenvalue weighted by Crippen LogP contribution is -2.33. The van der Waals surface area contributed by atoms with Crippen LogP contribution < -0.4 is 10.5 Å². The fourth-order valence-corrected chi connectivity index (χ4v) is 3.72. The average Bonchev–Trinajstić information content (AvgIpc) is 2.88. The van der Waals surface area contributed by atoms with Crippen molar-refractivity contribution >= 4 is 15.9 Å². The van der Waals surface area contributed by atoms with E-state index in [1.165, 1.54) is 16.7 Å². The van der Waals surface area contributed by atoms with Crippen molar-refractivity contribution in [3.05, 3.63) is 63.6 Å². The second-order valence-corrected chi connectivity index (χ2v) is 6.81. The van der Waals surface area contributed by atoms with Gasteiger partial charge in [-0.3, -0.25) is 0 Å². The van der Waals surface area contributed by atoms with Gasteiger partial charge in [-0.2, -0.15) is 0 Å². The third-order valence-corrected chi connectivity index (χ3v) is 5.27. The van der Waals surface area contributed by atoms with E-state index in [4.69, 9.17) is 10.5 Å². The van der Waals surface area contributed by atoms with Crippen LogP contribution in [0.5, 0.6) is 5.75 Å². The normalized spacial score (nSPS) is 15.8. The Balaban J connectivity index is 1.90. The third-order valence-electron chi connectivity index (χ3n) is 4.50. The molecule has 0 fully saturated rings. The number of hydrogen-bond acceptors (Lipinski definition) is 2. The molecule has 0 saturated carbocycles. The van der Waals surface area contributed by atoms with Gasteiger partial charge in [0, 0.05) is 4.47 Å². The maximum absolute atomic E-state index is 6.17. The Morgan fingerprint density at radius 1 is 1.14 bits per heavy atom. The molecule has 2 aromatic rings. The monoisotopic (exact) mass is 345 g/mol. The minimum atomic E-state index is 0.124. The van der Waals surface area contributed by atoms with E-state index in [9.17, 15) is 0 Å². The number of rotatable bonds is 4. The van der Waals surface area contributed by atoms with Crippen LogP contribution >= 0.6 is 15.9 Å². The van der Waals surface area contributed by atoms with Crippen LogP contribution in [0.2, 0.25) is 0 Å². The van der Waals surface area contributed by atoms with E-state index in [1.807, 2.05) is 6.07 Å². The molecule has 21 heavy (non-hydrogen) atoms. The smallest absolute Gasteiger partial charge is 0.119 e. The van der Waals surface area contributed by atoms with Gasteiger partial charge in [0.1, 0.15) is 5.75 Å². The topological polar surface area (TPSA) is 35.2 Å². The van der Waals surface area contributed by atoms with Crippen LogP contribution in [0.15, 0.2) is 46.9 Å². The van der Waals surface area contributed by atoms with Crippen molar-refractivity contribution in [1.82, 2.24) is 0 Å². The highest BCUT2D eigenvalue weighted by atomic mass is 79.9. The zero-order valence-corrected chi connectivity index (χ0v) is 13.8. The molecule has 0 aromatic heterocycles. The Labute approximate surface area is 134 Å². The highest BCUT2D eigenvalue weighted by molar-refractivity contribution is 9.10. The number of benzene rings is 2. The first-order valence-electron chi connectivity index (χ1n) is 7.25. The summed E-state index contributed by atoms with van der Waals surface area (Å²) in [4.78, 5) is 0. The maximum Gasteiger partial charge on any atom is 0.119 e. The number of ether oxygens (including phenoxy) is 1. The van der Waals surface area contributed by atoms with Crippen molar-refractivity contribution in [2.24, 2.45) is 11.1 Å². The van der Waals surface area contributed by atoms with Crippen molar-refractivity contribution in [3.63, 3.8) is 0 Å². The highest BCUT2D eigenvalue weighted by Gasteiger charge is 2.36. The maximum atomic E-state index is 6.17.